The first-order valence-electron chi connectivity index (χ1n) is 9.74. The number of nitrogens with one attached hydrogen (secondary N) is 1. The molecule has 1 aliphatic heterocycles. The number of nitrogen functional groups attached to an aromatic ring is 1. The smallest absolute Gasteiger partial charge is 0.330 e. The zero-order chi connectivity index (χ0) is 22.9. The number of rotatable bonds is 7. The van der Waals surface area contributed by atoms with E-state index in [0.29, 0.717) is 13.0 Å². The van der Waals surface area contributed by atoms with Gasteiger partial charge in [0.05, 0.1) is 11.1 Å². The van der Waals surface area contributed by atoms with Crippen molar-refractivity contribution in [3.05, 3.63) is 68.4 Å². The molecule has 10 nitrogen and oxygen atoms in total. The molecular weight excluding hydrogens is 402 g/mol. The molecule has 3 amide bonds. The van der Waals surface area contributed by atoms with Crippen LogP contribution >= 0.6 is 0 Å². The number of aromatic nitrogens is 2. The largest absolute Gasteiger partial charge is 0.383 e. The number of fused-ring (bicyclic) bond motifs is 1. The average Bonchev–Trinajstić information content (AvgIpc) is 2.97. The van der Waals surface area contributed by atoms with Gasteiger partial charge in [0.2, 0.25) is 0 Å². The Kier molecular flexibility index (Phi) is 5.91. The third-order valence-electron chi connectivity index (χ3n) is 5.12. The molecule has 31 heavy (non-hydrogen) atoms. The van der Waals surface area contributed by atoms with Gasteiger partial charge in [-0.2, -0.15) is 0 Å². The van der Waals surface area contributed by atoms with Crippen molar-refractivity contribution < 1.29 is 14.4 Å². The second-order valence-corrected chi connectivity index (χ2v) is 7.13. The van der Waals surface area contributed by atoms with Gasteiger partial charge >= 0.3 is 5.69 Å². The number of nitrogens with two attached hydrogens (primary N) is 1. The predicted octanol–water partition coefficient (Wildman–Crippen LogP) is 0.978. The van der Waals surface area contributed by atoms with E-state index in [0.717, 1.165) is 16.2 Å². The molecule has 2 aromatic rings. The molecule has 2 heterocycles. The molecule has 0 fully saturated rings. The topological polar surface area (TPSA) is 139 Å². The van der Waals surface area contributed by atoms with E-state index in [1.165, 1.54) is 35.9 Å². The summed E-state index contributed by atoms with van der Waals surface area (Å²) in [7, 11) is 1.35. The molecule has 3 rings (SSSR count). The number of nitrogens with zero attached hydrogens (tertiary/aromatic N) is 3. The van der Waals surface area contributed by atoms with Crippen molar-refractivity contribution in [2.45, 2.75) is 26.3 Å². The van der Waals surface area contributed by atoms with Crippen LogP contribution in [-0.4, -0.2) is 45.8 Å². The minimum atomic E-state index is -0.796. The third kappa shape index (κ3) is 3.67. The van der Waals surface area contributed by atoms with E-state index in [4.69, 9.17) is 5.73 Å². The summed E-state index contributed by atoms with van der Waals surface area (Å²) in [6.45, 7) is 5.82. The van der Waals surface area contributed by atoms with Gasteiger partial charge < -0.3 is 10.6 Å². The highest BCUT2D eigenvalue weighted by Crippen LogP contribution is 2.25. The van der Waals surface area contributed by atoms with E-state index < -0.39 is 29.0 Å². The Morgan fingerprint density at radius 3 is 2.52 bits per heavy atom. The minimum Gasteiger partial charge on any atom is -0.383 e. The Labute approximate surface area is 177 Å². The van der Waals surface area contributed by atoms with Crippen LogP contribution in [-0.2, 0) is 6.54 Å². The number of anilines is 2. The average molecular weight is 425 g/mol. The van der Waals surface area contributed by atoms with Crippen molar-refractivity contribution in [2.75, 3.05) is 24.2 Å². The van der Waals surface area contributed by atoms with Crippen LogP contribution in [0.5, 0.6) is 0 Å². The predicted molar refractivity (Wildman–Crippen MR) is 115 cm³/mol. The molecule has 1 aliphatic rings. The number of benzene rings is 1. The number of hydrogen-bond donors (Lipinski definition) is 2. The van der Waals surface area contributed by atoms with Gasteiger partial charge in [-0.1, -0.05) is 19.4 Å². The van der Waals surface area contributed by atoms with E-state index in [1.807, 2.05) is 6.92 Å². The van der Waals surface area contributed by atoms with E-state index >= 15 is 0 Å². The maximum Gasteiger partial charge on any atom is 0.330 e. The van der Waals surface area contributed by atoms with E-state index in [2.05, 4.69) is 11.6 Å². The summed E-state index contributed by atoms with van der Waals surface area (Å²) in [5.41, 5.74) is 4.82. The number of hydrogen-bond acceptors (Lipinski definition) is 6. The molecular formula is C21H23N5O5. The Hall–Kier alpha value is -3.95. The zero-order valence-electron chi connectivity index (χ0n) is 17.3. The first-order chi connectivity index (χ1) is 14.7. The summed E-state index contributed by atoms with van der Waals surface area (Å²) >= 11 is 0. The number of aromatic amines is 1. The first-order valence-corrected chi connectivity index (χ1v) is 9.74. The lowest BCUT2D eigenvalue weighted by molar-refractivity contribution is 0.0672. The second-order valence-electron chi connectivity index (χ2n) is 7.13. The standard InChI is InChI=1S/C21H23N5O5/c1-4-6-10-25-16(22)15(17(27)23-21(25)31)24(3)18(28)12-7-8-13-14(11-12)20(30)26(9-5-2)19(13)29/h5,7-8,11H,2,4,6,9-10,22H2,1,3H3,(H,23,27,31). The van der Waals surface area contributed by atoms with Crippen molar-refractivity contribution in [1.29, 1.82) is 0 Å². The maximum absolute atomic E-state index is 13.1. The number of imide groups is 1. The molecule has 0 saturated heterocycles. The molecule has 0 aliphatic carbocycles. The van der Waals surface area contributed by atoms with E-state index in [9.17, 15) is 24.0 Å². The summed E-state index contributed by atoms with van der Waals surface area (Å²) in [6, 6.07) is 4.11. The van der Waals surface area contributed by atoms with Gasteiger partial charge in [0.1, 0.15) is 5.82 Å². The Morgan fingerprint density at radius 2 is 1.87 bits per heavy atom. The van der Waals surface area contributed by atoms with Crippen molar-refractivity contribution in [2.24, 2.45) is 0 Å². The molecule has 3 N–H and O–H groups in total. The minimum absolute atomic E-state index is 0.0563. The molecule has 0 atom stereocenters. The number of unbranched alkanes of at least 4 members (excludes halogenated alkanes) is 1. The van der Waals surface area contributed by atoms with Crippen LogP contribution < -0.4 is 21.9 Å². The van der Waals surface area contributed by atoms with Crippen molar-refractivity contribution >= 4 is 29.2 Å². The van der Waals surface area contributed by atoms with Crippen LogP contribution in [0, 0.1) is 0 Å². The van der Waals surface area contributed by atoms with Crippen LogP contribution in [0.1, 0.15) is 50.8 Å². The molecule has 0 spiro atoms. The molecule has 10 heteroatoms. The number of carbonyl (C=O) groups is 3. The Balaban J connectivity index is 2.00. The second kappa shape index (κ2) is 8.42. The highest BCUT2D eigenvalue weighted by atomic mass is 16.2. The van der Waals surface area contributed by atoms with Crippen LogP contribution in [0.15, 0.2) is 40.4 Å². The fourth-order valence-electron chi connectivity index (χ4n) is 3.45. The zero-order valence-corrected chi connectivity index (χ0v) is 17.3. The molecule has 0 bridgehead atoms. The lowest BCUT2D eigenvalue weighted by atomic mass is 10.0. The molecule has 1 aromatic heterocycles. The molecule has 1 aromatic carbocycles. The summed E-state index contributed by atoms with van der Waals surface area (Å²) in [5, 5.41) is 0. The highest BCUT2D eigenvalue weighted by Gasteiger charge is 2.35. The number of H-pyrrole nitrogens is 1. The van der Waals surface area contributed by atoms with Crippen LogP contribution in [0.4, 0.5) is 11.5 Å². The normalized spacial score (nSPS) is 12.8. The van der Waals surface area contributed by atoms with Gasteiger partial charge in [-0.25, -0.2) is 4.79 Å². The third-order valence-corrected chi connectivity index (χ3v) is 5.12. The van der Waals surface area contributed by atoms with Gasteiger partial charge in [-0.15, -0.1) is 6.58 Å². The van der Waals surface area contributed by atoms with Crippen molar-refractivity contribution in [1.82, 2.24) is 14.5 Å². The summed E-state index contributed by atoms with van der Waals surface area (Å²) < 4.78 is 1.21. The number of carbonyl (C=O) groups excluding carboxylic acids is 3. The fraction of sp³-hybridized carbons (Fsp3) is 0.286. The summed E-state index contributed by atoms with van der Waals surface area (Å²) in [5.74, 6) is -1.73. The Bertz CT molecular complexity index is 1210. The summed E-state index contributed by atoms with van der Waals surface area (Å²) in [6.07, 6.45) is 2.90. The van der Waals surface area contributed by atoms with Crippen LogP contribution in [0.3, 0.4) is 0 Å². The van der Waals surface area contributed by atoms with Gasteiger partial charge in [-0.05, 0) is 24.6 Å². The lowest BCUT2D eigenvalue weighted by Crippen LogP contribution is -2.39. The molecule has 0 saturated carbocycles. The summed E-state index contributed by atoms with van der Waals surface area (Å²) in [4.78, 5) is 66.7. The molecule has 0 radical (unpaired) electrons. The van der Waals surface area contributed by atoms with Crippen molar-refractivity contribution in [3.8, 4) is 0 Å². The first kappa shape index (κ1) is 21.8. The maximum atomic E-state index is 13.1. The lowest BCUT2D eigenvalue weighted by Gasteiger charge is -2.20. The van der Waals surface area contributed by atoms with E-state index in [-0.39, 0.29) is 34.7 Å². The van der Waals surface area contributed by atoms with Gasteiger partial charge in [0, 0.05) is 25.7 Å². The Morgan fingerprint density at radius 1 is 1.19 bits per heavy atom. The van der Waals surface area contributed by atoms with E-state index in [1.54, 1.807) is 0 Å². The van der Waals surface area contributed by atoms with Crippen LogP contribution in [0.2, 0.25) is 0 Å². The van der Waals surface area contributed by atoms with Crippen molar-refractivity contribution in [3.63, 3.8) is 0 Å². The molecule has 162 valence electrons. The SMILES string of the molecule is C=CCN1C(=O)c2ccc(C(=O)N(C)c3c(N)n(CCCC)c(=O)[nH]c3=O)cc2C1=O. The van der Waals surface area contributed by atoms with Gasteiger partial charge in [-0.3, -0.25) is 33.6 Å². The van der Waals surface area contributed by atoms with Crippen LogP contribution in [0.25, 0.3) is 0 Å². The fourth-order valence-corrected chi connectivity index (χ4v) is 3.45. The molecule has 0 unspecified atom stereocenters. The quantitative estimate of drug-likeness (QED) is 0.501. The highest BCUT2D eigenvalue weighted by molar-refractivity contribution is 6.22. The van der Waals surface area contributed by atoms with Gasteiger partial charge in [0.15, 0.2) is 5.69 Å². The number of amides is 3. The monoisotopic (exact) mass is 425 g/mol. The van der Waals surface area contributed by atoms with Gasteiger partial charge in [0.25, 0.3) is 23.3 Å².